The summed E-state index contributed by atoms with van der Waals surface area (Å²) >= 11 is 0. The first-order valence-corrected chi connectivity index (χ1v) is 7.05. The molecule has 0 heterocycles. The summed E-state index contributed by atoms with van der Waals surface area (Å²) in [5.74, 6) is -0.293. The lowest BCUT2D eigenvalue weighted by molar-refractivity contribution is -0.142. The molecule has 5 nitrogen and oxygen atoms in total. The first kappa shape index (κ1) is 17.7. The van der Waals surface area contributed by atoms with Crippen molar-refractivity contribution >= 4 is 12.0 Å². The van der Waals surface area contributed by atoms with Crippen molar-refractivity contribution in [3.05, 3.63) is 0 Å². The summed E-state index contributed by atoms with van der Waals surface area (Å²) in [6.07, 6.45) is 5.69. The molecule has 0 radical (unpaired) electrons. The quantitative estimate of drug-likeness (QED) is 0.565. The summed E-state index contributed by atoms with van der Waals surface area (Å²) in [6.45, 7) is 7.94. The molecular formula is C14H28N2O3. The fourth-order valence-corrected chi connectivity index (χ4v) is 1.61. The van der Waals surface area contributed by atoms with E-state index in [4.69, 9.17) is 5.11 Å². The van der Waals surface area contributed by atoms with Crippen LogP contribution in [0.4, 0.5) is 4.79 Å². The van der Waals surface area contributed by atoms with E-state index in [0.29, 0.717) is 6.54 Å². The third-order valence-electron chi connectivity index (χ3n) is 2.95. The minimum atomic E-state index is -1.23. The summed E-state index contributed by atoms with van der Waals surface area (Å²) in [5, 5.41) is 14.0. The highest BCUT2D eigenvalue weighted by atomic mass is 16.4. The molecule has 0 fully saturated rings. The molecule has 5 heteroatoms. The van der Waals surface area contributed by atoms with E-state index in [-0.39, 0.29) is 0 Å². The highest BCUT2D eigenvalue weighted by Crippen LogP contribution is 2.09. The fourth-order valence-electron chi connectivity index (χ4n) is 1.61. The number of nitrogens with one attached hydrogen (secondary N) is 2. The lowest BCUT2D eigenvalue weighted by Crippen LogP contribution is -2.53. The third kappa shape index (κ3) is 9.33. The van der Waals surface area contributed by atoms with Crippen LogP contribution in [0.2, 0.25) is 0 Å². The number of hydrogen-bond acceptors (Lipinski definition) is 2. The number of aliphatic carboxylic acids is 1. The molecule has 0 aromatic heterocycles. The van der Waals surface area contributed by atoms with Crippen molar-refractivity contribution in [1.82, 2.24) is 10.6 Å². The number of hydrogen-bond donors (Lipinski definition) is 3. The number of carboxylic acid groups (broad SMARTS) is 1. The van der Waals surface area contributed by atoms with Gasteiger partial charge in [-0.25, -0.2) is 9.59 Å². The van der Waals surface area contributed by atoms with Gasteiger partial charge in [-0.3, -0.25) is 0 Å². The van der Waals surface area contributed by atoms with Crippen LogP contribution in [0.25, 0.3) is 0 Å². The maximum absolute atomic E-state index is 11.5. The van der Waals surface area contributed by atoms with Gasteiger partial charge < -0.3 is 15.7 Å². The Kier molecular flexibility index (Phi) is 8.19. The zero-order valence-corrected chi connectivity index (χ0v) is 12.6. The Morgan fingerprint density at radius 1 is 1.11 bits per heavy atom. The number of carbonyl (C=O) groups excluding carboxylic acids is 1. The Morgan fingerprint density at radius 3 is 2.21 bits per heavy atom. The maximum Gasteiger partial charge on any atom is 0.328 e. The molecule has 0 bridgehead atoms. The molecule has 0 aromatic carbocycles. The van der Waals surface area contributed by atoms with Gasteiger partial charge in [-0.05, 0) is 26.2 Å². The van der Waals surface area contributed by atoms with Gasteiger partial charge in [0, 0.05) is 6.54 Å². The molecule has 0 aromatic rings. The van der Waals surface area contributed by atoms with Gasteiger partial charge >= 0.3 is 12.0 Å². The number of carbonyl (C=O) groups is 2. The molecule has 19 heavy (non-hydrogen) atoms. The van der Waals surface area contributed by atoms with Gasteiger partial charge in [-0.15, -0.1) is 0 Å². The largest absolute Gasteiger partial charge is 0.480 e. The van der Waals surface area contributed by atoms with Crippen LogP contribution in [0, 0.1) is 5.92 Å². The zero-order valence-electron chi connectivity index (χ0n) is 12.6. The maximum atomic E-state index is 11.5. The molecule has 0 spiro atoms. The molecule has 0 saturated carbocycles. The summed E-state index contributed by atoms with van der Waals surface area (Å²) in [6, 6.07) is -0.422. The molecular weight excluding hydrogens is 244 g/mol. The second kappa shape index (κ2) is 8.77. The van der Waals surface area contributed by atoms with E-state index in [1.165, 1.54) is 33.1 Å². The molecule has 0 aliphatic heterocycles. The van der Waals surface area contributed by atoms with Crippen molar-refractivity contribution in [2.75, 3.05) is 6.54 Å². The second-order valence-corrected chi connectivity index (χ2v) is 5.91. The highest BCUT2D eigenvalue weighted by molar-refractivity contribution is 5.85. The van der Waals surface area contributed by atoms with Gasteiger partial charge in [0.25, 0.3) is 0 Å². The Morgan fingerprint density at radius 2 is 1.68 bits per heavy atom. The second-order valence-electron chi connectivity index (χ2n) is 5.91. The predicted molar refractivity (Wildman–Crippen MR) is 76.2 cm³/mol. The number of amides is 2. The first-order valence-electron chi connectivity index (χ1n) is 7.05. The fraction of sp³-hybridized carbons (Fsp3) is 0.857. The van der Waals surface area contributed by atoms with E-state index in [9.17, 15) is 9.59 Å². The summed E-state index contributed by atoms with van der Waals surface area (Å²) < 4.78 is 0. The topological polar surface area (TPSA) is 78.4 Å². The van der Waals surface area contributed by atoms with Gasteiger partial charge in [0.2, 0.25) is 0 Å². The van der Waals surface area contributed by atoms with Crippen LogP contribution in [0.15, 0.2) is 0 Å². The van der Waals surface area contributed by atoms with Crippen LogP contribution in [-0.4, -0.2) is 29.2 Å². The average molecular weight is 272 g/mol. The first-order chi connectivity index (χ1) is 8.75. The van der Waals surface area contributed by atoms with Crippen LogP contribution < -0.4 is 10.6 Å². The van der Waals surface area contributed by atoms with Crippen LogP contribution in [0.3, 0.4) is 0 Å². The normalized spacial score (nSPS) is 11.4. The minimum Gasteiger partial charge on any atom is -0.480 e. The number of urea groups is 1. The summed E-state index contributed by atoms with van der Waals surface area (Å²) in [4.78, 5) is 22.3. The monoisotopic (exact) mass is 272 g/mol. The molecule has 3 N–H and O–H groups in total. The van der Waals surface area contributed by atoms with E-state index in [1.807, 2.05) is 0 Å². The lowest BCUT2D eigenvalue weighted by atomic mass is 10.0. The average Bonchev–Trinajstić information content (AvgIpc) is 2.26. The van der Waals surface area contributed by atoms with Crippen LogP contribution in [-0.2, 0) is 4.79 Å². The molecule has 0 atom stereocenters. The Bertz CT molecular complexity index is 288. The van der Waals surface area contributed by atoms with E-state index in [0.717, 1.165) is 18.8 Å². The summed E-state index contributed by atoms with van der Waals surface area (Å²) in [7, 11) is 0. The van der Waals surface area contributed by atoms with Crippen LogP contribution in [0.5, 0.6) is 0 Å². The Hall–Kier alpha value is -1.26. The van der Waals surface area contributed by atoms with Gasteiger partial charge in [0.05, 0.1) is 0 Å². The SMILES string of the molecule is CC(C)CCCCCCNC(=O)NC(C)(C)C(=O)O. The van der Waals surface area contributed by atoms with E-state index in [1.54, 1.807) is 0 Å². The van der Waals surface area contributed by atoms with Crippen LogP contribution >= 0.6 is 0 Å². The highest BCUT2D eigenvalue weighted by Gasteiger charge is 2.28. The number of carboxylic acids is 1. The van der Waals surface area contributed by atoms with E-state index < -0.39 is 17.5 Å². The predicted octanol–water partition coefficient (Wildman–Crippen LogP) is 2.76. The lowest BCUT2D eigenvalue weighted by Gasteiger charge is -2.21. The molecule has 0 unspecified atom stereocenters. The molecule has 112 valence electrons. The zero-order chi connectivity index (χ0) is 14.9. The minimum absolute atomic E-state index is 0.422. The van der Waals surface area contributed by atoms with Crippen molar-refractivity contribution in [2.45, 2.75) is 65.3 Å². The Balaban J connectivity index is 3.57. The van der Waals surface area contributed by atoms with Gasteiger partial charge in [0.15, 0.2) is 0 Å². The third-order valence-corrected chi connectivity index (χ3v) is 2.95. The molecule has 2 amide bonds. The van der Waals surface area contributed by atoms with Crippen molar-refractivity contribution in [3.63, 3.8) is 0 Å². The summed E-state index contributed by atoms with van der Waals surface area (Å²) in [5.41, 5.74) is -1.23. The van der Waals surface area contributed by atoms with Crippen molar-refractivity contribution < 1.29 is 14.7 Å². The van der Waals surface area contributed by atoms with Crippen molar-refractivity contribution in [3.8, 4) is 0 Å². The smallest absolute Gasteiger partial charge is 0.328 e. The molecule has 0 rings (SSSR count). The van der Waals surface area contributed by atoms with Gasteiger partial charge in [-0.1, -0.05) is 39.5 Å². The Labute approximate surface area is 116 Å². The van der Waals surface area contributed by atoms with Gasteiger partial charge in [0.1, 0.15) is 5.54 Å². The molecule has 0 aliphatic rings. The number of rotatable bonds is 9. The number of unbranched alkanes of at least 4 members (excludes halogenated alkanes) is 3. The van der Waals surface area contributed by atoms with E-state index in [2.05, 4.69) is 24.5 Å². The van der Waals surface area contributed by atoms with E-state index >= 15 is 0 Å². The molecule has 0 saturated heterocycles. The standard InChI is InChI=1S/C14H28N2O3/c1-11(2)9-7-5-6-8-10-15-13(19)16-14(3,4)12(17)18/h11H,5-10H2,1-4H3,(H,17,18)(H2,15,16,19). The van der Waals surface area contributed by atoms with Crippen molar-refractivity contribution in [2.24, 2.45) is 5.92 Å². The van der Waals surface area contributed by atoms with Crippen molar-refractivity contribution in [1.29, 1.82) is 0 Å². The molecule has 0 aliphatic carbocycles. The van der Waals surface area contributed by atoms with Gasteiger partial charge in [-0.2, -0.15) is 0 Å². The van der Waals surface area contributed by atoms with Crippen LogP contribution in [0.1, 0.15) is 59.8 Å².